The zero-order valence-electron chi connectivity index (χ0n) is 12.3. The van der Waals surface area contributed by atoms with Gasteiger partial charge >= 0.3 is 0 Å². The Morgan fingerprint density at radius 3 is 2.42 bits per heavy atom. The molecule has 0 fully saturated rings. The van der Waals surface area contributed by atoms with Gasteiger partial charge in [0, 0.05) is 11.2 Å². The van der Waals surface area contributed by atoms with Crippen LogP contribution in [0.5, 0.6) is 0 Å². The molecule has 0 saturated carbocycles. The van der Waals surface area contributed by atoms with Gasteiger partial charge in [0.1, 0.15) is 0 Å². The quantitative estimate of drug-likeness (QED) is 0.878. The van der Waals surface area contributed by atoms with Gasteiger partial charge in [-0.05, 0) is 70.2 Å². The van der Waals surface area contributed by atoms with Crippen LogP contribution in [0.25, 0.3) is 0 Å². The number of hydrogen-bond acceptors (Lipinski definition) is 2. The van der Waals surface area contributed by atoms with E-state index in [1.165, 1.54) is 17.5 Å². The summed E-state index contributed by atoms with van der Waals surface area (Å²) in [7, 11) is 0. The molecule has 0 saturated heterocycles. The predicted octanol–water partition coefficient (Wildman–Crippen LogP) is 2.88. The molecule has 19 heavy (non-hydrogen) atoms. The Balaban J connectivity index is 2.16. The third kappa shape index (κ3) is 2.66. The van der Waals surface area contributed by atoms with Crippen LogP contribution < -0.4 is 11.1 Å². The lowest BCUT2D eigenvalue weighted by Gasteiger charge is -2.36. The fraction of sp³-hybridized carbons (Fsp3) is 0.562. The minimum Gasteiger partial charge on any atom is -0.326 e. The first-order chi connectivity index (χ1) is 8.72. The highest BCUT2D eigenvalue weighted by molar-refractivity contribution is 5.95. The average Bonchev–Trinajstić information content (AvgIpc) is 2.74. The number of fused-ring (bicyclic) bond motifs is 1. The van der Waals surface area contributed by atoms with Crippen LogP contribution in [-0.4, -0.2) is 11.4 Å². The van der Waals surface area contributed by atoms with Gasteiger partial charge in [-0.15, -0.1) is 0 Å². The Morgan fingerprint density at radius 1 is 1.16 bits per heavy atom. The molecule has 0 bridgehead atoms. The van der Waals surface area contributed by atoms with Crippen molar-refractivity contribution >= 4 is 11.6 Å². The number of anilines is 1. The van der Waals surface area contributed by atoms with Crippen LogP contribution in [0, 0.1) is 5.41 Å². The first kappa shape index (κ1) is 14.1. The summed E-state index contributed by atoms with van der Waals surface area (Å²) < 4.78 is 0. The SMILES string of the molecule is CC(C)(N)C(C)(C)C(=O)Nc1ccc2c(c1)CCC2. The standard InChI is InChI=1S/C16H24N2O/c1-15(2,16(3,4)17)14(19)18-13-9-8-11-6-5-7-12(11)10-13/h8-10H,5-7,17H2,1-4H3,(H,18,19). The molecule has 1 aliphatic carbocycles. The normalized spacial score (nSPS) is 15.2. The van der Waals surface area contributed by atoms with Crippen molar-refractivity contribution < 1.29 is 4.79 Å². The average molecular weight is 260 g/mol. The lowest BCUT2D eigenvalue weighted by atomic mass is 9.74. The van der Waals surface area contributed by atoms with Crippen molar-refractivity contribution in [2.45, 2.75) is 52.5 Å². The van der Waals surface area contributed by atoms with Crippen molar-refractivity contribution in [3.8, 4) is 0 Å². The number of carbonyl (C=O) groups excluding carboxylic acids is 1. The van der Waals surface area contributed by atoms with Crippen LogP contribution >= 0.6 is 0 Å². The monoisotopic (exact) mass is 260 g/mol. The molecule has 3 heteroatoms. The van der Waals surface area contributed by atoms with Crippen molar-refractivity contribution in [2.24, 2.45) is 11.1 Å². The Labute approximate surface area is 115 Å². The summed E-state index contributed by atoms with van der Waals surface area (Å²) in [6.45, 7) is 7.54. The van der Waals surface area contributed by atoms with E-state index in [-0.39, 0.29) is 5.91 Å². The van der Waals surface area contributed by atoms with Gasteiger partial charge in [-0.1, -0.05) is 6.07 Å². The zero-order valence-corrected chi connectivity index (χ0v) is 12.3. The van der Waals surface area contributed by atoms with Crippen molar-refractivity contribution in [2.75, 3.05) is 5.32 Å². The van der Waals surface area contributed by atoms with Gasteiger partial charge < -0.3 is 11.1 Å². The second-order valence-corrected chi connectivity index (χ2v) is 6.64. The lowest BCUT2D eigenvalue weighted by Crippen LogP contribution is -2.53. The van der Waals surface area contributed by atoms with E-state index in [0.717, 1.165) is 18.5 Å². The van der Waals surface area contributed by atoms with E-state index in [0.29, 0.717) is 0 Å². The molecule has 3 nitrogen and oxygen atoms in total. The number of benzene rings is 1. The van der Waals surface area contributed by atoms with Gasteiger partial charge in [0.2, 0.25) is 5.91 Å². The molecule has 0 aliphatic heterocycles. The minimum atomic E-state index is -0.619. The number of nitrogens with one attached hydrogen (secondary N) is 1. The molecule has 0 heterocycles. The van der Waals surface area contributed by atoms with E-state index in [9.17, 15) is 4.79 Å². The lowest BCUT2D eigenvalue weighted by molar-refractivity contribution is -0.126. The Bertz CT molecular complexity index is 498. The number of amides is 1. The largest absolute Gasteiger partial charge is 0.326 e. The fourth-order valence-electron chi connectivity index (χ4n) is 2.23. The van der Waals surface area contributed by atoms with E-state index in [1.807, 2.05) is 33.8 Å². The molecule has 1 aromatic carbocycles. The van der Waals surface area contributed by atoms with Crippen molar-refractivity contribution in [1.29, 1.82) is 0 Å². The van der Waals surface area contributed by atoms with Gasteiger partial charge in [0.05, 0.1) is 5.41 Å². The second-order valence-electron chi connectivity index (χ2n) is 6.64. The van der Waals surface area contributed by atoms with Gasteiger partial charge in [-0.2, -0.15) is 0 Å². The highest BCUT2D eigenvalue weighted by Gasteiger charge is 2.40. The smallest absolute Gasteiger partial charge is 0.231 e. The van der Waals surface area contributed by atoms with Crippen LogP contribution in [-0.2, 0) is 17.6 Å². The van der Waals surface area contributed by atoms with Gasteiger partial charge in [0.25, 0.3) is 0 Å². The Morgan fingerprint density at radius 2 is 1.79 bits per heavy atom. The van der Waals surface area contributed by atoms with Crippen molar-refractivity contribution in [1.82, 2.24) is 0 Å². The highest BCUT2D eigenvalue weighted by Crippen LogP contribution is 2.31. The summed E-state index contributed by atoms with van der Waals surface area (Å²) in [5.74, 6) is -0.0297. The van der Waals surface area contributed by atoms with Crippen LogP contribution in [0.15, 0.2) is 18.2 Å². The Kier molecular flexibility index (Phi) is 3.43. The summed E-state index contributed by atoms with van der Waals surface area (Å²) in [5.41, 5.74) is 8.57. The molecule has 0 spiro atoms. The molecule has 104 valence electrons. The molecular weight excluding hydrogens is 236 g/mol. The molecule has 0 atom stereocenters. The maximum Gasteiger partial charge on any atom is 0.231 e. The van der Waals surface area contributed by atoms with Gasteiger partial charge in [-0.3, -0.25) is 4.79 Å². The van der Waals surface area contributed by atoms with Crippen molar-refractivity contribution in [3.05, 3.63) is 29.3 Å². The van der Waals surface area contributed by atoms with E-state index >= 15 is 0 Å². The van der Waals surface area contributed by atoms with Crippen LogP contribution in [0.3, 0.4) is 0 Å². The summed E-state index contributed by atoms with van der Waals surface area (Å²) in [6, 6.07) is 6.21. The van der Waals surface area contributed by atoms with Crippen molar-refractivity contribution in [3.63, 3.8) is 0 Å². The summed E-state index contributed by atoms with van der Waals surface area (Å²) in [4.78, 5) is 12.4. The minimum absolute atomic E-state index is 0.0297. The van der Waals surface area contributed by atoms with Crippen LogP contribution in [0.4, 0.5) is 5.69 Å². The molecule has 0 radical (unpaired) electrons. The second kappa shape index (κ2) is 4.64. The zero-order chi connectivity index (χ0) is 14.3. The topological polar surface area (TPSA) is 55.1 Å². The molecule has 1 amide bonds. The fourth-order valence-corrected chi connectivity index (χ4v) is 2.23. The predicted molar refractivity (Wildman–Crippen MR) is 79.1 cm³/mol. The molecular formula is C16H24N2O. The molecule has 1 aliphatic rings. The number of carbonyl (C=O) groups is 1. The first-order valence-electron chi connectivity index (χ1n) is 6.94. The van der Waals surface area contributed by atoms with Gasteiger partial charge in [-0.25, -0.2) is 0 Å². The number of nitrogens with two attached hydrogens (primary N) is 1. The van der Waals surface area contributed by atoms with Crippen LogP contribution in [0.2, 0.25) is 0 Å². The highest BCUT2D eigenvalue weighted by atomic mass is 16.2. The number of aryl methyl sites for hydroxylation is 2. The maximum absolute atomic E-state index is 12.4. The molecule has 3 N–H and O–H groups in total. The molecule has 0 unspecified atom stereocenters. The molecule has 0 aromatic heterocycles. The molecule has 1 aromatic rings. The number of hydrogen-bond donors (Lipinski definition) is 2. The van der Waals surface area contributed by atoms with Crippen LogP contribution in [0.1, 0.15) is 45.2 Å². The third-order valence-electron chi connectivity index (χ3n) is 4.53. The first-order valence-corrected chi connectivity index (χ1v) is 6.94. The maximum atomic E-state index is 12.4. The Hall–Kier alpha value is -1.35. The summed E-state index contributed by atoms with van der Waals surface area (Å²) in [5, 5.41) is 3.00. The van der Waals surface area contributed by atoms with E-state index in [2.05, 4.69) is 17.4 Å². The van der Waals surface area contributed by atoms with E-state index < -0.39 is 11.0 Å². The van der Waals surface area contributed by atoms with E-state index in [1.54, 1.807) is 0 Å². The van der Waals surface area contributed by atoms with Gasteiger partial charge in [0.15, 0.2) is 0 Å². The molecule has 2 rings (SSSR count). The number of rotatable bonds is 3. The third-order valence-corrected chi connectivity index (χ3v) is 4.53. The summed E-state index contributed by atoms with van der Waals surface area (Å²) >= 11 is 0. The summed E-state index contributed by atoms with van der Waals surface area (Å²) in [6.07, 6.45) is 3.49. The van der Waals surface area contributed by atoms with E-state index in [4.69, 9.17) is 5.73 Å².